The van der Waals surface area contributed by atoms with Crippen molar-refractivity contribution in [3.8, 4) is 58.2 Å². The van der Waals surface area contributed by atoms with E-state index >= 15 is 0 Å². The van der Waals surface area contributed by atoms with Gasteiger partial charge in [-0.1, -0.05) is 99.9 Å². The zero-order valence-corrected chi connectivity index (χ0v) is 82.1. The normalized spacial score (nSPS) is 11.7. The van der Waals surface area contributed by atoms with Gasteiger partial charge >= 0.3 is 0 Å². The SMILES string of the molecule is C.[B]/C=C/CCC(=O)COCCOC(C)COc1cccc(C(=O)CCCNC)c1.[B]/C=C/CNC(=O)COC(C)CC.[B]/C=C/CNC(=O)COC(C)COc1cccc(C(=O)CCCNC)c1.[B]C#CCCC(=O)COCCOC(C)COc1cccc(C(=O)CCCNC)c1.[B]C#CCNC(=O)COC(C)CC.[B]C#CCNC(=O)COC(C)COc1cccc(C(=O)CCCNC)c1. The second kappa shape index (κ2) is 92.2. The fourth-order valence-electron chi connectivity index (χ4n) is 10.3. The zero-order valence-electron chi connectivity index (χ0n) is 82.1. The Hall–Kier alpha value is -10.2. The molecule has 0 saturated carbocycles. The Morgan fingerprint density at radius 2 is 0.635 bits per heavy atom. The molecule has 0 aromatic heterocycles. The number of Topliss-reactive ketones (excluding diaryl/α,β-unsaturated/α-hetero) is 6. The predicted molar refractivity (Wildman–Crippen MR) is 545 cm³/mol. The molecule has 0 spiro atoms. The summed E-state index contributed by atoms with van der Waals surface area (Å²) in [7, 11) is 37.9. The van der Waals surface area contributed by atoms with Crippen LogP contribution in [0.1, 0.15) is 194 Å². The molecule has 0 aliphatic carbocycles. The van der Waals surface area contributed by atoms with Crippen LogP contribution >= 0.6 is 0 Å². The third kappa shape index (κ3) is 79.4. The standard InChI is InChI=1S/C22H32BNO5.C22H30BNO5.C19H27BN2O4.C19H25BN2O4.C9H16BNO2.C9H14BNO2.CH4/c2*1-18(28-14-13-27-17-20(25)8-3-4-11-23)16-29-21-9-5-7-19(15-21)22(26)10-6-12-24-2;2*1-15(25-14-19(24)22-11-5-9-20)13-26-17-7-3-6-16(12-17)18(23)8-4-10-21-2;2*1-3-8(2)13-7-9(12)11-6-4-5-10;/h4-5,7,9,11,15,18,24H,3,6,8,10,12-14,16-17H2,1-2H3;5,7,9,15,18,24H,3,6,8,10,12-14,16-17H2,1-2H3;3,5-7,9,12,15,21H,4,8,10-11,13-14H2,1-2H3,(H,22,24);3,6-7,12,15,21H,4,8,10-11,13-14H2,1-2H3,(H,22,24);4-5,8H,3,6-7H2,1-2H3,(H,11,12);8H,3,6-7H2,1-2H3,(H,11,12);1H4/b11-4+;;9-5+;;5-4+;;. The second-order valence-electron chi connectivity index (χ2n) is 30.2. The molecule has 0 bridgehead atoms. The summed E-state index contributed by atoms with van der Waals surface area (Å²) in [6.45, 7) is 22.8. The van der Waals surface area contributed by atoms with E-state index in [1.807, 2.05) is 101 Å². The van der Waals surface area contributed by atoms with Crippen molar-refractivity contribution in [3.05, 3.63) is 155 Å². The summed E-state index contributed by atoms with van der Waals surface area (Å²) in [4.78, 5) is 117. The summed E-state index contributed by atoms with van der Waals surface area (Å²) >= 11 is 0. The van der Waals surface area contributed by atoms with E-state index < -0.39 is 0 Å². The van der Waals surface area contributed by atoms with Gasteiger partial charge in [0, 0.05) is 80.3 Å². The lowest BCUT2D eigenvalue weighted by molar-refractivity contribution is -0.128. The average molecular weight is 1890 g/mol. The number of allylic oxidation sites excluding steroid dienone is 1. The van der Waals surface area contributed by atoms with Crippen molar-refractivity contribution >= 4 is 105 Å². The van der Waals surface area contributed by atoms with Crippen molar-refractivity contribution in [3.63, 3.8) is 0 Å². The van der Waals surface area contributed by atoms with Crippen LogP contribution in [-0.2, 0) is 66.7 Å². The molecule has 6 unspecified atom stereocenters. The van der Waals surface area contributed by atoms with E-state index in [9.17, 15) is 47.9 Å². The van der Waals surface area contributed by atoms with Gasteiger partial charge in [-0.05, 0) is 189 Å². The maximum Gasteiger partial charge on any atom is 0.246 e. The van der Waals surface area contributed by atoms with Crippen LogP contribution in [0.15, 0.2) is 133 Å². The number of hydrogen-bond acceptors (Lipinski definition) is 26. The van der Waals surface area contributed by atoms with Crippen LogP contribution in [0.2, 0.25) is 0 Å². The monoisotopic (exact) mass is 1890 g/mol. The van der Waals surface area contributed by atoms with E-state index in [4.69, 9.17) is 104 Å². The van der Waals surface area contributed by atoms with Gasteiger partial charge in [-0.2, -0.15) is 17.5 Å². The highest BCUT2D eigenvalue weighted by molar-refractivity contribution is 6.22. The van der Waals surface area contributed by atoms with Crippen LogP contribution < -0.4 is 61.5 Å². The van der Waals surface area contributed by atoms with Crippen LogP contribution in [0.4, 0.5) is 0 Å². The second-order valence-corrected chi connectivity index (χ2v) is 30.2. The highest BCUT2D eigenvalue weighted by Crippen LogP contribution is 2.21. The highest BCUT2D eigenvalue weighted by atomic mass is 16.6. The molecule has 6 atom stereocenters. The van der Waals surface area contributed by atoms with E-state index in [1.54, 1.807) is 97.9 Å². The van der Waals surface area contributed by atoms with Gasteiger partial charge in [-0.15, -0.1) is 23.8 Å². The van der Waals surface area contributed by atoms with Gasteiger partial charge < -0.3 is 99.4 Å². The number of benzene rings is 4. The van der Waals surface area contributed by atoms with Gasteiger partial charge in [0.15, 0.2) is 58.2 Å². The average Bonchev–Trinajstić information content (AvgIpc) is 0.895. The molecular weight excluding hydrogens is 1740 g/mol. The van der Waals surface area contributed by atoms with Crippen molar-refractivity contribution < 1.29 is 105 Å². The number of nitrogens with one attached hydrogen (secondary N) is 8. The molecule has 36 heteroatoms. The first-order chi connectivity index (χ1) is 65.7. The Morgan fingerprint density at radius 3 is 0.920 bits per heavy atom. The summed E-state index contributed by atoms with van der Waals surface area (Å²) in [5, 5.41) is 22.5. The minimum atomic E-state index is -0.281. The lowest BCUT2D eigenvalue weighted by Gasteiger charge is -2.15. The first-order valence-corrected chi connectivity index (χ1v) is 45.9. The zero-order chi connectivity index (χ0) is 101. The van der Waals surface area contributed by atoms with E-state index in [-0.39, 0.29) is 168 Å². The maximum absolute atomic E-state index is 12.2. The Labute approximate surface area is 824 Å². The fraction of sp³-hybridized carbons (Fsp3) is 0.545. The molecule has 0 saturated heterocycles. The summed E-state index contributed by atoms with van der Waals surface area (Å²) in [5.74, 6) is 20.7. The molecule has 12 radical (unpaired) electrons. The van der Waals surface area contributed by atoms with Gasteiger partial charge in [0.05, 0.1) is 76.1 Å². The molecule has 30 nitrogen and oxygen atoms in total. The Balaban J connectivity index is -0.00000161. The lowest BCUT2D eigenvalue weighted by atomic mass is 10.1. The van der Waals surface area contributed by atoms with Crippen LogP contribution in [0.3, 0.4) is 0 Å². The maximum atomic E-state index is 12.2. The van der Waals surface area contributed by atoms with Gasteiger partial charge in [-0.25, -0.2) is 0 Å². The number of amides is 4. The quantitative estimate of drug-likeness (QED) is 0.00888. The topological polar surface area (TPSA) is 378 Å². The molecule has 0 aliphatic heterocycles. The Bertz CT molecular complexity index is 4230. The van der Waals surface area contributed by atoms with Crippen molar-refractivity contribution in [1.29, 1.82) is 0 Å². The van der Waals surface area contributed by atoms with Gasteiger partial charge in [0.25, 0.3) is 0 Å². The first kappa shape index (κ1) is 131. The number of ketones is 6. The summed E-state index contributed by atoms with van der Waals surface area (Å²) in [5.41, 5.74) is 2.59. The third-order valence-corrected chi connectivity index (χ3v) is 18.2. The lowest BCUT2D eigenvalue weighted by Crippen LogP contribution is -2.31. The number of hydrogen-bond donors (Lipinski definition) is 8. The molecule has 0 fully saturated rings. The Morgan fingerprint density at radius 1 is 0.350 bits per heavy atom. The highest BCUT2D eigenvalue weighted by Gasteiger charge is 2.17. The van der Waals surface area contributed by atoms with Crippen LogP contribution in [0.25, 0.3) is 0 Å². The van der Waals surface area contributed by atoms with E-state index in [0.717, 1.165) is 64.7 Å². The molecule has 4 amide bonds. The molecule has 4 aromatic rings. The number of carbonyl (C=O) groups excluding carboxylic acids is 10. The van der Waals surface area contributed by atoms with E-state index in [0.29, 0.717) is 149 Å². The minimum absolute atomic E-state index is 0. The number of rotatable bonds is 69. The molecule has 0 aliphatic rings. The molecule has 742 valence electrons. The van der Waals surface area contributed by atoms with Crippen LogP contribution in [0.5, 0.6) is 23.0 Å². The number of ether oxygens (including phenoxy) is 12. The van der Waals surface area contributed by atoms with Crippen molar-refractivity contribution in [1.82, 2.24) is 42.5 Å². The molecular formula is C101H148B6N8O22. The minimum Gasteiger partial charge on any atom is -0.491 e. The molecule has 137 heavy (non-hydrogen) atoms. The summed E-state index contributed by atoms with van der Waals surface area (Å²) in [6.07, 6.45) is 13.4. The molecule has 4 aromatic carbocycles. The van der Waals surface area contributed by atoms with E-state index in [1.165, 1.54) is 17.9 Å². The first-order valence-electron chi connectivity index (χ1n) is 45.9. The smallest absolute Gasteiger partial charge is 0.246 e. The summed E-state index contributed by atoms with van der Waals surface area (Å²) < 4.78 is 65.9. The third-order valence-electron chi connectivity index (χ3n) is 18.2. The predicted octanol–water partition coefficient (Wildman–Crippen LogP) is 8.48. The molecule has 4 rings (SSSR count). The van der Waals surface area contributed by atoms with Crippen LogP contribution in [0, 0.1) is 35.2 Å². The van der Waals surface area contributed by atoms with Crippen molar-refractivity contribution in [2.24, 2.45) is 0 Å². The molecule has 0 heterocycles. The molecule has 8 N–H and O–H groups in total. The number of carbonyl (C=O) groups is 10. The van der Waals surface area contributed by atoms with Gasteiger partial charge in [0.1, 0.15) is 113 Å². The van der Waals surface area contributed by atoms with Crippen LogP contribution in [-0.4, -0.2) is 315 Å². The van der Waals surface area contributed by atoms with Gasteiger partial charge in [0.2, 0.25) is 23.6 Å². The van der Waals surface area contributed by atoms with Crippen molar-refractivity contribution in [2.45, 2.75) is 189 Å². The van der Waals surface area contributed by atoms with E-state index in [2.05, 4.69) is 77.8 Å². The van der Waals surface area contributed by atoms with Crippen molar-refractivity contribution in [2.75, 3.05) is 173 Å². The van der Waals surface area contributed by atoms with Gasteiger partial charge in [-0.3, -0.25) is 47.9 Å². The fourth-order valence-corrected chi connectivity index (χ4v) is 10.3. The Kier molecular flexibility index (Phi) is 88.1. The largest absolute Gasteiger partial charge is 0.491 e. The summed E-state index contributed by atoms with van der Waals surface area (Å²) in [6, 6.07) is 28.6.